The van der Waals surface area contributed by atoms with Gasteiger partial charge in [0.15, 0.2) is 23.0 Å². The molecule has 1 fully saturated rings. The summed E-state index contributed by atoms with van der Waals surface area (Å²) in [4.78, 5) is 4.43. The number of benzene rings is 2. The zero-order chi connectivity index (χ0) is 22.8. The van der Waals surface area contributed by atoms with Gasteiger partial charge in [-0.2, -0.15) is 0 Å². The number of ether oxygens (including phenoxy) is 4. The SMILES string of the molecule is COc1ccccc1OC[C@H](O)CN1CCN(C[C@@H](O)COc2ccccc2OC)CC1. The van der Waals surface area contributed by atoms with E-state index in [0.29, 0.717) is 36.1 Å². The molecule has 2 N–H and O–H groups in total. The van der Waals surface area contributed by atoms with E-state index < -0.39 is 12.2 Å². The summed E-state index contributed by atoms with van der Waals surface area (Å²) in [5, 5.41) is 20.7. The zero-order valence-electron chi connectivity index (χ0n) is 18.9. The predicted octanol–water partition coefficient (Wildman–Crippen LogP) is 1.50. The Hall–Kier alpha value is -2.52. The maximum absolute atomic E-state index is 10.4. The van der Waals surface area contributed by atoms with E-state index in [1.807, 2.05) is 48.5 Å². The van der Waals surface area contributed by atoms with E-state index in [-0.39, 0.29) is 13.2 Å². The number of piperazine rings is 1. The highest BCUT2D eigenvalue weighted by atomic mass is 16.5. The molecule has 0 radical (unpaired) electrons. The second-order valence-corrected chi connectivity index (χ2v) is 7.83. The van der Waals surface area contributed by atoms with E-state index in [9.17, 15) is 10.2 Å². The molecular formula is C24H34N2O6. The van der Waals surface area contributed by atoms with E-state index in [1.165, 1.54) is 0 Å². The van der Waals surface area contributed by atoms with E-state index in [1.54, 1.807) is 14.2 Å². The third-order valence-electron chi connectivity index (χ3n) is 5.40. The van der Waals surface area contributed by atoms with Gasteiger partial charge >= 0.3 is 0 Å². The average Bonchev–Trinajstić information content (AvgIpc) is 2.83. The fraction of sp³-hybridized carbons (Fsp3) is 0.500. The van der Waals surface area contributed by atoms with Crippen LogP contribution in [0.25, 0.3) is 0 Å². The van der Waals surface area contributed by atoms with Crippen molar-refractivity contribution in [2.75, 3.05) is 66.7 Å². The zero-order valence-corrected chi connectivity index (χ0v) is 18.9. The van der Waals surface area contributed by atoms with Crippen LogP contribution >= 0.6 is 0 Å². The minimum Gasteiger partial charge on any atom is -0.493 e. The van der Waals surface area contributed by atoms with E-state index in [4.69, 9.17) is 18.9 Å². The molecule has 2 aromatic rings. The van der Waals surface area contributed by atoms with Crippen molar-refractivity contribution in [3.63, 3.8) is 0 Å². The molecule has 1 saturated heterocycles. The number of aliphatic hydroxyl groups excluding tert-OH is 2. The molecule has 2 aromatic carbocycles. The molecule has 0 unspecified atom stereocenters. The third kappa shape index (κ3) is 7.27. The molecule has 0 spiro atoms. The van der Waals surface area contributed by atoms with Crippen molar-refractivity contribution in [3.05, 3.63) is 48.5 Å². The Morgan fingerprint density at radius 1 is 0.656 bits per heavy atom. The van der Waals surface area contributed by atoms with E-state index in [2.05, 4.69) is 9.80 Å². The van der Waals surface area contributed by atoms with Gasteiger partial charge in [-0.3, -0.25) is 9.80 Å². The molecule has 0 aliphatic carbocycles. The molecule has 2 atom stereocenters. The standard InChI is InChI=1S/C24H34N2O6/c1-29-21-7-3-5-9-23(21)31-17-19(27)15-25-11-13-26(14-12-25)16-20(28)18-32-24-10-6-4-8-22(24)30-2/h3-10,19-20,27-28H,11-18H2,1-2H3/t19-,20-/m1/s1. The van der Waals surface area contributed by atoms with Gasteiger partial charge in [0.1, 0.15) is 25.4 Å². The largest absolute Gasteiger partial charge is 0.493 e. The second kappa shape index (κ2) is 12.5. The van der Waals surface area contributed by atoms with Crippen molar-refractivity contribution < 1.29 is 29.2 Å². The van der Waals surface area contributed by atoms with Crippen LogP contribution in [0.15, 0.2) is 48.5 Å². The molecule has 32 heavy (non-hydrogen) atoms. The Morgan fingerprint density at radius 2 is 1.00 bits per heavy atom. The highest BCUT2D eigenvalue weighted by molar-refractivity contribution is 5.40. The van der Waals surface area contributed by atoms with Crippen molar-refractivity contribution in [1.29, 1.82) is 0 Å². The summed E-state index contributed by atoms with van der Waals surface area (Å²) < 4.78 is 22.0. The van der Waals surface area contributed by atoms with Crippen molar-refractivity contribution in [2.24, 2.45) is 0 Å². The first-order valence-corrected chi connectivity index (χ1v) is 10.9. The van der Waals surface area contributed by atoms with Crippen LogP contribution in [0.1, 0.15) is 0 Å². The molecule has 0 bridgehead atoms. The molecule has 0 amide bonds. The van der Waals surface area contributed by atoms with Gasteiger partial charge in [0.05, 0.1) is 14.2 Å². The van der Waals surface area contributed by atoms with Crippen molar-refractivity contribution in [3.8, 4) is 23.0 Å². The molecule has 1 aliphatic heterocycles. The van der Waals surface area contributed by atoms with Crippen LogP contribution < -0.4 is 18.9 Å². The highest BCUT2D eigenvalue weighted by Gasteiger charge is 2.22. The minimum absolute atomic E-state index is 0.208. The highest BCUT2D eigenvalue weighted by Crippen LogP contribution is 2.26. The summed E-state index contributed by atoms with van der Waals surface area (Å²) in [6, 6.07) is 14.8. The smallest absolute Gasteiger partial charge is 0.161 e. The molecule has 8 heteroatoms. The van der Waals surface area contributed by atoms with Gasteiger partial charge in [-0.25, -0.2) is 0 Å². The van der Waals surface area contributed by atoms with Crippen LogP contribution in [-0.2, 0) is 0 Å². The number of para-hydroxylation sites is 4. The van der Waals surface area contributed by atoms with E-state index >= 15 is 0 Å². The lowest BCUT2D eigenvalue weighted by molar-refractivity contribution is 0.0236. The Balaban J connectivity index is 1.33. The number of methoxy groups -OCH3 is 2. The molecule has 176 valence electrons. The normalized spacial score (nSPS) is 16.9. The lowest BCUT2D eigenvalue weighted by atomic mass is 10.2. The number of hydrogen-bond donors (Lipinski definition) is 2. The van der Waals surface area contributed by atoms with Gasteiger partial charge in [0.25, 0.3) is 0 Å². The van der Waals surface area contributed by atoms with Gasteiger partial charge < -0.3 is 29.2 Å². The van der Waals surface area contributed by atoms with Crippen LogP contribution in [0, 0.1) is 0 Å². The summed E-state index contributed by atoms with van der Waals surface area (Å²) in [6.45, 7) is 4.80. The van der Waals surface area contributed by atoms with Crippen molar-refractivity contribution >= 4 is 0 Å². The van der Waals surface area contributed by atoms with Crippen LogP contribution in [0.4, 0.5) is 0 Å². The fourth-order valence-electron chi connectivity index (χ4n) is 3.70. The molecular weight excluding hydrogens is 412 g/mol. The quantitative estimate of drug-likeness (QED) is 0.508. The first kappa shape index (κ1) is 24.1. The van der Waals surface area contributed by atoms with Gasteiger partial charge in [0, 0.05) is 39.3 Å². The van der Waals surface area contributed by atoms with Crippen LogP contribution in [-0.4, -0.2) is 98.9 Å². The van der Waals surface area contributed by atoms with Gasteiger partial charge in [-0.05, 0) is 24.3 Å². The number of hydrogen-bond acceptors (Lipinski definition) is 8. The molecule has 8 nitrogen and oxygen atoms in total. The molecule has 3 rings (SSSR count). The molecule has 0 saturated carbocycles. The Morgan fingerprint density at radius 3 is 1.34 bits per heavy atom. The monoisotopic (exact) mass is 446 g/mol. The van der Waals surface area contributed by atoms with Gasteiger partial charge in [-0.15, -0.1) is 0 Å². The molecule has 1 heterocycles. The maximum atomic E-state index is 10.4. The summed E-state index contributed by atoms with van der Waals surface area (Å²) in [7, 11) is 3.19. The molecule has 1 aliphatic rings. The lowest BCUT2D eigenvalue weighted by Crippen LogP contribution is -2.51. The Bertz CT molecular complexity index is 745. The Labute approximate surface area is 189 Å². The number of nitrogens with zero attached hydrogens (tertiary/aromatic N) is 2. The molecule has 0 aromatic heterocycles. The summed E-state index contributed by atoms with van der Waals surface area (Å²) >= 11 is 0. The summed E-state index contributed by atoms with van der Waals surface area (Å²) in [6.07, 6.45) is -1.18. The first-order valence-electron chi connectivity index (χ1n) is 10.9. The second-order valence-electron chi connectivity index (χ2n) is 7.83. The predicted molar refractivity (Wildman–Crippen MR) is 122 cm³/mol. The lowest BCUT2D eigenvalue weighted by Gasteiger charge is -2.36. The van der Waals surface area contributed by atoms with Crippen molar-refractivity contribution in [1.82, 2.24) is 9.80 Å². The number of rotatable bonds is 12. The maximum Gasteiger partial charge on any atom is 0.161 e. The topological polar surface area (TPSA) is 83.9 Å². The van der Waals surface area contributed by atoms with Gasteiger partial charge in [0.2, 0.25) is 0 Å². The van der Waals surface area contributed by atoms with E-state index in [0.717, 1.165) is 26.2 Å². The fourth-order valence-corrected chi connectivity index (χ4v) is 3.70. The number of aliphatic hydroxyl groups is 2. The van der Waals surface area contributed by atoms with Crippen LogP contribution in [0.5, 0.6) is 23.0 Å². The van der Waals surface area contributed by atoms with Crippen LogP contribution in [0.3, 0.4) is 0 Å². The first-order chi connectivity index (χ1) is 15.6. The Kier molecular flexibility index (Phi) is 9.43. The van der Waals surface area contributed by atoms with Crippen LogP contribution in [0.2, 0.25) is 0 Å². The van der Waals surface area contributed by atoms with Gasteiger partial charge in [-0.1, -0.05) is 24.3 Å². The minimum atomic E-state index is -0.591. The summed E-state index contributed by atoms with van der Waals surface area (Å²) in [5.41, 5.74) is 0. The average molecular weight is 447 g/mol. The summed E-state index contributed by atoms with van der Waals surface area (Å²) in [5.74, 6) is 2.56. The third-order valence-corrected chi connectivity index (χ3v) is 5.40. The number of β-amino-alcohol motifs (C(OH)–C–C–N with tert-alkyl or cyclic N) is 2. The van der Waals surface area contributed by atoms with Crippen molar-refractivity contribution in [2.45, 2.75) is 12.2 Å².